The molecule has 25 heavy (non-hydrogen) atoms. The molecular weight excluding hydrogens is 320 g/mol. The monoisotopic (exact) mass is 336 g/mol. The van der Waals surface area contributed by atoms with Crippen molar-refractivity contribution in [3.8, 4) is 5.75 Å². The number of carbonyl (C=O) groups excluding carboxylic acids is 2. The Morgan fingerprint density at radius 1 is 1.16 bits per heavy atom. The van der Waals surface area contributed by atoms with Crippen molar-refractivity contribution in [1.29, 1.82) is 0 Å². The highest BCUT2D eigenvalue weighted by atomic mass is 16.5. The highest BCUT2D eigenvalue weighted by Gasteiger charge is 2.22. The highest BCUT2D eigenvalue weighted by Crippen LogP contribution is 2.27. The van der Waals surface area contributed by atoms with Crippen LogP contribution in [0, 0.1) is 0 Å². The summed E-state index contributed by atoms with van der Waals surface area (Å²) in [6.45, 7) is 0.966. The number of furan rings is 1. The molecular formula is C19H16N2O4. The van der Waals surface area contributed by atoms with Gasteiger partial charge in [-0.3, -0.25) is 9.59 Å². The van der Waals surface area contributed by atoms with Gasteiger partial charge in [-0.15, -0.1) is 0 Å². The molecule has 6 heteroatoms. The third kappa shape index (κ3) is 2.82. The number of para-hydroxylation sites is 1. The van der Waals surface area contributed by atoms with E-state index < -0.39 is 0 Å². The number of rotatable bonds is 2. The zero-order valence-electron chi connectivity index (χ0n) is 13.6. The number of ether oxygens (including phenoxy) is 1. The summed E-state index contributed by atoms with van der Waals surface area (Å²) in [5.74, 6) is 0.241. The van der Waals surface area contributed by atoms with Crippen molar-refractivity contribution in [2.24, 2.45) is 0 Å². The van der Waals surface area contributed by atoms with Crippen LogP contribution in [0.1, 0.15) is 20.9 Å². The molecule has 0 radical (unpaired) electrons. The maximum atomic E-state index is 12.4. The van der Waals surface area contributed by atoms with Gasteiger partial charge in [0.25, 0.3) is 11.8 Å². The lowest BCUT2D eigenvalue weighted by molar-refractivity contribution is 0.0796. The Kier molecular flexibility index (Phi) is 3.65. The number of benzene rings is 2. The molecule has 0 unspecified atom stereocenters. The van der Waals surface area contributed by atoms with E-state index in [0.717, 1.165) is 5.39 Å². The second kappa shape index (κ2) is 5.98. The van der Waals surface area contributed by atoms with Crippen LogP contribution in [0.3, 0.4) is 0 Å². The van der Waals surface area contributed by atoms with E-state index in [-0.39, 0.29) is 17.6 Å². The predicted octanol–water partition coefficient (Wildman–Crippen LogP) is 3.15. The van der Waals surface area contributed by atoms with Crippen molar-refractivity contribution in [1.82, 2.24) is 4.90 Å². The first-order valence-electron chi connectivity index (χ1n) is 7.94. The molecule has 0 saturated carbocycles. The largest absolute Gasteiger partial charge is 0.491 e. The van der Waals surface area contributed by atoms with Gasteiger partial charge in [-0.2, -0.15) is 0 Å². The fourth-order valence-electron chi connectivity index (χ4n) is 2.79. The summed E-state index contributed by atoms with van der Waals surface area (Å²) in [5, 5.41) is 3.63. The van der Waals surface area contributed by atoms with Crippen LogP contribution >= 0.6 is 0 Å². The Bertz CT molecular complexity index is 943. The lowest BCUT2D eigenvalue weighted by Gasteiger charge is -2.13. The van der Waals surface area contributed by atoms with Gasteiger partial charge in [0.15, 0.2) is 5.76 Å². The Hall–Kier alpha value is -3.28. The van der Waals surface area contributed by atoms with Crippen molar-refractivity contribution in [2.75, 3.05) is 25.5 Å². The van der Waals surface area contributed by atoms with Gasteiger partial charge >= 0.3 is 0 Å². The van der Waals surface area contributed by atoms with E-state index in [2.05, 4.69) is 5.32 Å². The van der Waals surface area contributed by atoms with E-state index in [4.69, 9.17) is 9.15 Å². The molecule has 126 valence electrons. The van der Waals surface area contributed by atoms with Crippen LogP contribution < -0.4 is 10.1 Å². The first kappa shape index (κ1) is 15.3. The molecule has 2 amide bonds. The Morgan fingerprint density at radius 2 is 2.00 bits per heavy atom. The van der Waals surface area contributed by atoms with Crippen LogP contribution in [-0.4, -0.2) is 36.9 Å². The van der Waals surface area contributed by atoms with Crippen molar-refractivity contribution in [3.63, 3.8) is 0 Å². The highest BCUT2D eigenvalue weighted by molar-refractivity contribution is 6.05. The van der Waals surface area contributed by atoms with E-state index >= 15 is 0 Å². The topological polar surface area (TPSA) is 71.8 Å². The summed E-state index contributed by atoms with van der Waals surface area (Å²) in [6, 6.07) is 14.1. The molecule has 0 atom stereocenters. The Morgan fingerprint density at radius 3 is 2.84 bits per heavy atom. The summed E-state index contributed by atoms with van der Waals surface area (Å²) in [4.78, 5) is 26.4. The van der Waals surface area contributed by atoms with Gasteiger partial charge in [0, 0.05) is 18.1 Å². The van der Waals surface area contributed by atoms with Crippen molar-refractivity contribution >= 4 is 28.5 Å². The molecule has 1 N–H and O–H groups in total. The number of nitrogens with zero attached hydrogens (tertiary/aromatic N) is 1. The molecule has 0 fully saturated rings. The second-order valence-electron chi connectivity index (χ2n) is 5.89. The van der Waals surface area contributed by atoms with Crippen LogP contribution in [0.15, 0.2) is 52.9 Å². The zero-order chi connectivity index (χ0) is 17.4. The average molecular weight is 336 g/mol. The summed E-state index contributed by atoms with van der Waals surface area (Å²) < 4.78 is 11.1. The van der Waals surface area contributed by atoms with Crippen LogP contribution in [0.2, 0.25) is 0 Å². The van der Waals surface area contributed by atoms with Gasteiger partial charge in [-0.1, -0.05) is 18.2 Å². The zero-order valence-corrected chi connectivity index (χ0v) is 13.6. The van der Waals surface area contributed by atoms with Crippen LogP contribution in [0.25, 0.3) is 11.0 Å². The van der Waals surface area contributed by atoms with Crippen LogP contribution in [-0.2, 0) is 0 Å². The van der Waals surface area contributed by atoms with Gasteiger partial charge < -0.3 is 19.4 Å². The quantitative estimate of drug-likeness (QED) is 0.780. The molecule has 1 aliphatic heterocycles. The molecule has 3 aromatic rings. The molecule has 0 saturated heterocycles. The van der Waals surface area contributed by atoms with E-state index in [1.165, 1.54) is 0 Å². The third-order valence-corrected chi connectivity index (χ3v) is 4.15. The fraction of sp³-hybridized carbons (Fsp3) is 0.158. The van der Waals surface area contributed by atoms with Gasteiger partial charge in [0.1, 0.15) is 17.9 Å². The summed E-state index contributed by atoms with van der Waals surface area (Å²) >= 11 is 0. The Balaban J connectivity index is 1.61. The lowest BCUT2D eigenvalue weighted by atomic mass is 10.1. The number of nitrogens with one attached hydrogen (secondary N) is 1. The maximum absolute atomic E-state index is 12.4. The number of anilines is 1. The van der Waals surface area contributed by atoms with E-state index in [1.807, 2.05) is 18.2 Å². The van der Waals surface area contributed by atoms with E-state index in [1.54, 1.807) is 42.3 Å². The SMILES string of the molecule is CN1CCOc2ccc(NC(=O)c3cc4ccccc4o3)cc2C1=O. The first-order chi connectivity index (χ1) is 12.1. The average Bonchev–Trinajstić information content (AvgIpc) is 3.00. The van der Waals surface area contributed by atoms with Gasteiger partial charge in [0.2, 0.25) is 0 Å². The van der Waals surface area contributed by atoms with Crippen LogP contribution in [0.4, 0.5) is 5.69 Å². The number of amides is 2. The molecule has 2 aromatic carbocycles. The number of likely N-dealkylation sites (N-methyl/N-ethyl adjacent to an activating group) is 1. The number of hydrogen-bond acceptors (Lipinski definition) is 4. The minimum atomic E-state index is -0.369. The van der Waals surface area contributed by atoms with Crippen molar-refractivity contribution < 1.29 is 18.7 Å². The van der Waals surface area contributed by atoms with Crippen LogP contribution in [0.5, 0.6) is 5.75 Å². The van der Waals surface area contributed by atoms with Crippen molar-refractivity contribution in [2.45, 2.75) is 0 Å². The minimum Gasteiger partial charge on any atom is -0.491 e. The maximum Gasteiger partial charge on any atom is 0.291 e. The fourth-order valence-corrected chi connectivity index (χ4v) is 2.79. The number of fused-ring (bicyclic) bond motifs is 2. The van der Waals surface area contributed by atoms with Gasteiger partial charge in [0.05, 0.1) is 12.1 Å². The second-order valence-corrected chi connectivity index (χ2v) is 5.89. The lowest BCUT2D eigenvalue weighted by Crippen LogP contribution is -2.27. The molecule has 6 nitrogen and oxygen atoms in total. The number of hydrogen-bond donors (Lipinski definition) is 1. The smallest absolute Gasteiger partial charge is 0.291 e. The minimum absolute atomic E-state index is 0.132. The third-order valence-electron chi connectivity index (χ3n) is 4.15. The number of carbonyl (C=O) groups is 2. The molecule has 1 aromatic heterocycles. The van der Waals surface area contributed by atoms with Crippen molar-refractivity contribution in [3.05, 3.63) is 59.9 Å². The standard InChI is InChI=1S/C19H16N2O4/c1-21-8-9-24-16-7-6-13(11-14(16)19(21)23)20-18(22)17-10-12-4-2-3-5-15(12)25-17/h2-7,10-11H,8-9H2,1H3,(H,20,22). The van der Waals surface area contributed by atoms with E-state index in [9.17, 15) is 9.59 Å². The van der Waals surface area contributed by atoms with Gasteiger partial charge in [-0.25, -0.2) is 0 Å². The molecule has 0 bridgehead atoms. The molecule has 2 heterocycles. The molecule has 4 rings (SSSR count). The molecule has 0 aliphatic carbocycles. The summed E-state index contributed by atoms with van der Waals surface area (Å²) in [7, 11) is 1.72. The molecule has 1 aliphatic rings. The predicted molar refractivity (Wildman–Crippen MR) is 93.1 cm³/mol. The summed E-state index contributed by atoms with van der Waals surface area (Å²) in [5.41, 5.74) is 1.60. The normalized spacial score (nSPS) is 14.0. The Labute approximate surface area is 144 Å². The van der Waals surface area contributed by atoms with Gasteiger partial charge in [-0.05, 0) is 30.3 Å². The molecule has 0 spiro atoms. The summed E-state index contributed by atoms with van der Waals surface area (Å²) in [6.07, 6.45) is 0. The first-order valence-corrected chi connectivity index (χ1v) is 7.94. The van der Waals surface area contributed by atoms with E-state index in [0.29, 0.717) is 35.7 Å².